The second-order valence-electron chi connectivity index (χ2n) is 7.05. The Kier molecular flexibility index (Phi) is 2.73. The fourth-order valence-corrected chi connectivity index (χ4v) is 5.03. The van der Waals surface area contributed by atoms with E-state index in [0.717, 1.165) is 29.7 Å². The van der Waals surface area contributed by atoms with Gasteiger partial charge in [0, 0.05) is 12.1 Å². The SMILES string of the molecule is CCC(NC1C2C3CCC(C3)C12)c1ccc(C)cc1. The molecule has 1 nitrogen and oxygen atoms in total. The summed E-state index contributed by atoms with van der Waals surface area (Å²) in [4.78, 5) is 0. The highest BCUT2D eigenvalue weighted by molar-refractivity contribution is 5.25. The summed E-state index contributed by atoms with van der Waals surface area (Å²) in [6.07, 6.45) is 5.79. The van der Waals surface area contributed by atoms with Crippen molar-refractivity contribution in [3.05, 3.63) is 35.4 Å². The van der Waals surface area contributed by atoms with Crippen LogP contribution >= 0.6 is 0 Å². The maximum atomic E-state index is 3.98. The van der Waals surface area contributed by atoms with E-state index in [1.807, 2.05) is 0 Å². The minimum atomic E-state index is 0.565. The zero-order valence-electron chi connectivity index (χ0n) is 12.1. The largest absolute Gasteiger partial charge is 0.307 e. The van der Waals surface area contributed by atoms with Gasteiger partial charge in [0.25, 0.3) is 0 Å². The average Bonchev–Trinajstić information content (AvgIpc) is 2.82. The van der Waals surface area contributed by atoms with Crippen LogP contribution in [0.15, 0.2) is 24.3 Å². The molecular weight excluding hydrogens is 230 g/mol. The Labute approximate surface area is 116 Å². The molecule has 102 valence electrons. The van der Waals surface area contributed by atoms with Crippen LogP contribution in [-0.2, 0) is 0 Å². The Balaban J connectivity index is 1.46. The zero-order valence-corrected chi connectivity index (χ0v) is 12.1. The van der Waals surface area contributed by atoms with E-state index < -0.39 is 0 Å². The van der Waals surface area contributed by atoms with Crippen molar-refractivity contribution in [1.82, 2.24) is 5.32 Å². The van der Waals surface area contributed by atoms with E-state index in [0.29, 0.717) is 6.04 Å². The van der Waals surface area contributed by atoms with E-state index >= 15 is 0 Å². The number of fused-ring (bicyclic) bond motifs is 5. The Morgan fingerprint density at radius 3 is 2.32 bits per heavy atom. The highest BCUT2D eigenvalue weighted by Gasteiger charge is 2.64. The van der Waals surface area contributed by atoms with Gasteiger partial charge in [0.15, 0.2) is 0 Å². The monoisotopic (exact) mass is 255 g/mol. The van der Waals surface area contributed by atoms with Crippen LogP contribution in [0.1, 0.15) is 49.8 Å². The first-order valence-corrected chi connectivity index (χ1v) is 8.10. The summed E-state index contributed by atoms with van der Waals surface area (Å²) >= 11 is 0. The number of hydrogen-bond acceptors (Lipinski definition) is 1. The number of aryl methyl sites for hydroxylation is 1. The molecule has 4 rings (SSSR count). The van der Waals surface area contributed by atoms with E-state index in [-0.39, 0.29) is 0 Å². The molecule has 3 saturated carbocycles. The van der Waals surface area contributed by atoms with E-state index in [4.69, 9.17) is 0 Å². The first-order valence-electron chi connectivity index (χ1n) is 8.10. The van der Waals surface area contributed by atoms with Gasteiger partial charge in [0.05, 0.1) is 0 Å². The molecule has 3 fully saturated rings. The lowest BCUT2D eigenvalue weighted by atomic mass is 10.0. The third-order valence-electron chi connectivity index (χ3n) is 6.02. The minimum Gasteiger partial charge on any atom is -0.307 e. The maximum absolute atomic E-state index is 3.98. The molecule has 0 radical (unpaired) electrons. The van der Waals surface area contributed by atoms with Crippen LogP contribution in [0.2, 0.25) is 0 Å². The van der Waals surface area contributed by atoms with Crippen molar-refractivity contribution in [3.8, 4) is 0 Å². The lowest BCUT2D eigenvalue weighted by Gasteiger charge is -2.20. The Morgan fingerprint density at radius 1 is 1.11 bits per heavy atom. The van der Waals surface area contributed by atoms with Gasteiger partial charge in [-0.25, -0.2) is 0 Å². The van der Waals surface area contributed by atoms with Crippen molar-refractivity contribution in [2.75, 3.05) is 0 Å². The molecule has 5 unspecified atom stereocenters. The van der Waals surface area contributed by atoms with Crippen LogP contribution in [0.4, 0.5) is 0 Å². The Bertz CT molecular complexity index is 447. The Hall–Kier alpha value is -0.820. The van der Waals surface area contributed by atoms with E-state index in [2.05, 4.69) is 43.4 Å². The van der Waals surface area contributed by atoms with Crippen molar-refractivity contribution >= 4 is 0 Å². The average molecular weight is 255 g/mol. The van der Waals surface area contributed by atoms with Crippen LogP contribution in [0, 0.1) is 30.6 Å². The van der Waals surface area contributed by atoms with Gasteiger partial charge < -0.3 is 5.32 Å². The molecule has 1 aromatic carbocycles. The molecule has 5 atom stereocenters. The summed E-state index contributed by atoms with van der Waals surface area (Å²) in [7, 11) is 0. The molecule has 0 aliphatic heterocycles. The molecule has 3 aliphatic carbocycles. The zero-order chi connectivity index (χ0) is 13.0. The highest BCUT2D eigenvalue weighted by Crippen LogP contribution is 2.65. The van der Waals surface area contributed by atoms with Crippen LogP contribution in [0.5, 0.6) is 0 Å². The maximum Gasteiger partial charge on any atom is 0.0320 e. The van der Waals surface area contributed by atoms with Gasteiger partial charge in [-0.05, 0) is 61.8 Å². The lowest BCUT2D eigenvalue weighted by molar-refractivity contribution is 0.415. The molecule has 3 aliphatic rings. The molecular formula is C18H25N. The van der Waals surface area contributed by atoms with Gasteiger partial charge in [-0.15, -0.1) is 0 Å². The summed E-state index contributed by atoms with van der Waals surface area (Å²) < 4.78 is 0. The summed E-state index contributed by atoms with van der Waals surface area (Å²) in [6, 6.07) is 10.5. The van der Waals surface area contributed by atoms with Crippen LogP contribution in [-0.4, -0.2) is 6.04 Å². The van der Waals surface area contributed by atoms with E-state index in [1.54, 1.807) is 6.42 Å². The second kappa shape index (κ2) is 4.34. The van der Waals surface area contributed by atoms with Crippen molar-refractivity contribution in [1.29, 1.82) is 0 Å². The predicted octanol–water partition coefficient (Wildman–Crippen LogP) is 4.08. The fraction of sp³-hybridized carbons (Fsp3) is 0.667. The summed E-state index contributed by atoms with van der Waals surface area (Å²) in [5.41, 5.74) is 2.84. The van der Waals surface area contributed by atoms with Gasteiger partial charge in [-0.3, -0.25) is 0 Å². The number of hydrogen-bond donors (Lipinski definition) is 1. The molecule has 0 amide bonds. The van der Waals surface area contributed by atoms with Gasteiger partial charge in [-0.2, -0.15) is 0 Å². The minimum absolute atomic E-state index is 0.565. The van der Waals surface area contributed by atoms with Crippen molar-refractivity contribution in [2.45, 2.75) is 51.6 Å². The van der Waals surface area contributed by atoms with Gasteiger partial charge in [0.2, 0.25) is 0 Å². The Morgan fingerprint density at radius 2 is 1.74 bits per heavy atom. The van der Waals surface area contributed by atoms with Gasteiger partial charge in [0.1, 0.15) is 0 Å². The van der Waals surface area contributed by atoms with E-state index in [9.17, 15) is 0 Å². The molecule has 0 spiro atoms. The quantitative estimate of drug-likeness (QED) is 0.855. The lowest BCUT2D eigenvalue weighted by Crippen LogP contribution is -2.27. The van der Waals surface area contributed by atoms with Crippen LogP contribution in [0.3, 0.4) is 0 Å². The third kappa shape index (κ3) is 1.86. The van der Waals surface area contributed by atoms with Crippen molar-refractivity contribution in [2.24, 2.45) is 23.7 Å². The van der Waals surface area contributed by atoms with E-state index in [1.165, 1.54) is 30.4 Å². The summed E-state index contributed by atoms with van der Waals surface area (Å²) in [5.74, 6) is 4.22. The fourth-order valence-electron chi connectivity index (χ4n) is 5.03. The smallest absolute Gasteiger partial charge is 0.0320 e. The molecule has 0 heterocycles. The van der Waals surface area contributed by atoms with Crippen LogP contribution in [0.25, 0.3) is 0 Å². The van der Waals surface area contributed by atoms with Crippen molar-refractivity contribution < 1.29 is 0 Å². The molecule has 0 saturated heterocycles. The van der Waals surface area contributed by atoms with Crippen LogP contribution < -0.4 is 5.32 Å². The molecule has 19 heavy (non-hydrogen) atoms. The predicted molar refractivity (Wildman–Crippen MR) is 78.9 cm³/mol. The third-order valence-corrected chi connectivity index (χ3v) is 6.02. The first kappa shape index (κ1) is 12.0. The molecule has 1 aromatic rings. The molecule has 1 heteroatoms. The number of nitrogens with one attached hydrogen (secondary N) is 1. The molecule has 1 N–H and O–H groups in total. The molecule has 0 aromatic heterocycles. The topological polar surface area (TPSA) is 12.0 Å². The highest BCUT2D eigenvalue weighted by atomic mass is 15.0. The second-order valence-corrected chi connectivity index (χ2v) is 7.05. The molecule has 2 bridgehead atoms. The summed E-state index contributed by atoms with van der Waals surface area (Å²) in [6.45, 7) is 4.48. The van der Waals surface area contributed by atoms with Gasteiger partial charge >= 0.3 is 0 Å². The van der Waals surface area contributed by atoms with Gasteiger partial charge in [-0.1, -0.05) is 36.8 Å². The first-order chi connectivity index (χ1) is 9.28. The van der Waals surface area contributed by atoms with Crippen molar-refractivity contribution in [3.63, 3.8) is 0 Å². The summed E-state index contributed by atoms with van der Waals surface area (Å²) in [5, 5.41) is 3.98. The number of benzene rings is 1. The number of rotatable bonds is 4. The normalized spacial score (nSPS) is 40.2. The standard InChI is InChI=1S/C18H25N/c1-3-15(12-6-4-11(2)5-7-12)19-18-16-13-8-9-14(10-13)17(16)18/h4-7,13-19H,3,8-10H2,1-2H3.